The van der Waals surface area contributed by atoms with E-state index >= 15 is 0 Å². The minimum absolute atomic E-state index is 0.109. The van der Waals surface area contributed by atoms with Gasteiger partial charge >= 0.3 is 0 Å². The summed E-state index contributed by atoms with van der Waals surface area (Å²) in [7, 11) is 1.61. The SMILES string of the molecule is CNC(=O)C1(C)C=C(Oc2cccc(C)c2)C=CN1. The molecule has 0 saturated carbocycles. The maximum atomic E-state index is 11.8. The first kappa shape index (κ1) is 13.2. The smallest absolute Gasteiger partial charge is 0.249 e. The van der Waals surface area contributed by atoms with Crippen LogP contribution in [0.3, 0.4) is 0 Å². The lowest BCUT2D eigenvalue weighted by atomic mass is 9.98. The molecule has 0 spiro atoms. The second kappa shape index (κ2) is 5.18. The first-order valence-electron chi connectivity index (χ1n) is 6.17. The Morgan fingerprint density at radius 3 is 2.89 bits per heavy atom. The van der Waals surface area contributed by atoms with Gasteiger partial charge in [-0.05, 0) is 43.7 Å². The van der Waals surface area contributed by atoms with Crippen LogP contribution in [-0.4, -0.2) is 18.5 Å². The third kappa shape index (κ3) is 2.96. The fourth-order valence-corrected chi connectivity index (χ4v) is 1.94. The van der Waals surface area contributed by atoms with Crippen molar-refractivity contribution < 1.29 is 9.53 Å². The number of hydrogen-bond acceptors (Lipinski definition) is 3. The number of benzene rings is 1. The number of carbonyl (C=O) groups is 1. The van der Waals surface area contributed by atoms with Gasteiger partial charge in [-0.3, -0.25) is 4.79 Å². The molecule has 1 heterocycles. The maximum Gasteiger partial charge on any atom is 0.249 e. The van der Waals surface area contributed by atoms with Gasteiger partial charge in [-0.25, -0.2) is 0 Å². The zero-order valence-electron chi connectivity index (χ0n) is 11.4. The second-order valence-corrected chi connectivity index (χ2v) is 4.72. The molecule has 1 aromatic carbocycles. The van der Waals surface area contributed by atoms with E-state index in [0.29, 0.717) is 5.76 Å². The molecule has 1 aromatic rings. The Balaban J connectivity index is 2.20. The zero-order chi connectivity index (χ0) is 13.9. The van der Waals surface area contributed by atoms with E-state index in [4.69, 9.17) is 4.74 Å². The topological polar surface area (TPSA) is 50.4 Å². The molecule has 2 N–H and O–H groups in total. The molecule has 0 bridgehead atoms. The molecule has 1 aliphatic rings. The number of carbonyl (C=O) groups excluding carboxylic acids is 1. The van der Waals surface area contributed by atoms with E-state index in [1.807, 2.05) is 31.2 Å². The molecule has 0 fully saturated rings. The fourth-order valence-electron chi connectivity index (χ4n) is 1.94. The highest BCUT2D eigenvalue weighted by atomic mass is 16.5. The number of nitrogens with one attached hydrogen (secondary N) is 2. The minimum atomic E-state index is -0.789. The highest BCUT2D eigenvalue weighted by Crippen LogP contribution is 2.21. The van der Waals surface area contributed by atoms with Crippen molar-refractivity contribution in [2.75, 3.05) is 7.05 Å². The number of likely N-dealkylation sites (N-methyl/N-ethyl adjacent to an activating group) is 1. The van der Waals surface area contributed by atoms with Gasteiger partial charge in [0.2, 0.25) is 5.91 Å². The summed E-state index contributed by atoms with van der Waals surface area (Å²) < 4.78 is 5.78. The summed E-state index contributed by atoms with van der Waals surface area (Å²) in [5, 5.41) is 5.66. The molecule has 1 atom stereocenters. The van der Waals surface area contributed by atoms with Crippen molar-refractivity contribution in [1.82, 2.24) is 10.6 Å². The number of ether oxygens (including phenoxy) is 1. The normalized spacial score (nSPS) is 21.3. The minimum Gasteiger partial charge on any atom is -0.458 e. The summed E-state index contributed by atoms with van der Waals surface area (Å²) in [5.74, 6) is 1.30. The third-order valence-electron chi connectivity index (χ3n) is 2.99. The third-order valence-corrected chi connectivity index (χ3v) is 2.99. The van der Waals surface area contributed by atoms with E-state index in [0.717, 1.165) is 11.3 Å². The molecule has 1 unspecified atom stereocenters. The number of rotatable bonds is 3. The van der Waals surface area contributed by atoms with Crippen molar-refractivity contribution in [3.8, 4) is 5.75 Å². The standard InChI is InChI=1S/C15H18N2O2/c1-11-5-4-6-12(9-11)19-13-7-8-17-15(2,10-13)14(18)16-3/h4-10,17H,1-3H3,(H,16,18). The predicted molar refractivity (Wildman–Crippen MR) is 74.6 cm³/mol. The Kier molecular flexibility index (Phi) is 3.60. The molecule has 2 rings (SSSR count). The highest BCUT2D eigenvalue weighted by molar-refractivity contribution is 5.88. The zero-order valence-corrected chi connectivity index (χ0v) is 11.4. The van der Waals surface area contributed by atoms with Crippen molar-refractivity contribution >= 4 is 5.91 Å². The lowest BCUT2D eigenvalue weighted by Gasteiger charge is -2.28. The van der Waals surface area contributed by atoms with Crippen LogP contribution in [0.15, 0.2) is 48.4 Å². The molecule has 0 saturated heterocycles. The number of aryl methyl sites for hydroxylation is 1. The van der Waals surface area contributed by atoms with E-state index in [9.17, 15) is 4.79 Å². The highest BCUT2D eigenvalue weighted by Gasteiger charge is 2.31. The summed E-state index contributed by atoms with van der Waals surface area (Å²) in [6.45, 7) is 3.81. The van der Waals surface area contributed by atoms with Crippen LogP contribution in [0.1, 0.15) is 12.5 Å². The Labute approximate surface area is 113 Å². The molecule has 0 aliphatic carbocycles. The Morgan fingerprint density at radius 2 is 2.21 bits per heavy atom. The van der Waals surface area contributed by atoms with E-state index in [2.05, 4.69) is 10.6 Å². The summed E-state index contributed by atoms with van der Waals surface area (Å²) in [4.78, 5) is 11.8. The van der Waals surface area contributed by atoms with Crippen LogP contribution in [0.4, 0.5) is 0 Å². The van der Waals surface area contributed by atoms with Gasteiger partial charge in [-0.15, -0.1) is 0 Å². The van der Waals surface area contributed by atoms with E-state index < -0.39 is 5.54 Å². The number of allylic oxidation sites excluding steroid dienone is 1. The molecular formula is C15H18N2O2. The van der Waals surface area contributed by atoms with Crippen LogP contribution in [0.2, 0.25) is 0 Å². The quantitative estimate of drug-likeness (QED) is 0.870. The predicted octanol–water partition coefficient (Wildman–Crippen LogP) is 1.88. The fraction of sp³-hybridized carbons (Fsp3) is 0.267. The van der Waals surface area contributed by atoms with Crippen LogP contribution in [0.25, 0.3) is 0 Å². The molecule has 100 valence electrons. The van der Waals surface area contributed by atoms with Gasteiger partial charge in [-0.1, -0.05) is 12.1 Å². The van der Waals surface area contributed by atoms with Gasteiger partial charge in [0.15, 0.2) is 0 Å². The molecular weight excluding hydrogens is 240 g/mol. The van der Waals surface area contributed by atoms with Crippen molar-refractivity contribution in [2.24, 2.45) is 0 Å². The van der Waals surface area contributed by atoms with Crippen molar-refractivity contribution in [2.45, 2.75) is 19.4 Å². The largest absolute Gasteiger partial charge is 0.458 e. The first-order valence-corrected chi connectivity index (χ1v) is 6.17. The van der Waals surface area contributed by atoms with E-state index in [-0.39, 0.29) is 5.91 Å². The van der Waals surface area contributed by atoms with Gasteiger partial charge in [0.05, 0.1) is 0 Å². The average molecular weight is 258 g/mol. The Bertz CT molecular complexity index is 549. The summed E-state index contributed by atoms with van der Waals surface area (Å²) in [5.41, 5.74) is 0.341. The van der Waals surface area contributed by atoms with Gasteiger partial charge in [-0.2, -0.15) is 0 Å². The molecule has 4 nitrogen and oxygen atoms in total. The van der Waals surface area contributed by atoms with Crippen molar-refractivity contribution in [3.05, 3.63) is 53.9 Å². The van der Waals surface area contributed by atoms with Crippen LogP contribution < -0.4 is 15.4 Å². The van der Waals surface area contributed by atoms with E-state index in [1.54, 1.807) is 32.3 Å². The van der Waals surface area contributed by atoms with Crippen molar-refractivity contribution in [1.29, 1.82) is 0 Å². The lowest BCUT2D eigenvalue weighted by Crippen LogP contribution is -2.51. The maximum absolute atomic E-state index is 11.8. The summed E-state index contributed by atoms with van der Waals surface area (Å²) >= 11 is 0. The average Bonchev–Trinajstić information content (AvgIpc) is 2.38. The molecule has 0 aromatic heterocycles. The molecule has 4 heteroatoms. The van der Waals surface area contributed by atoms with Crippen LogP contribution in [0.5, 0.6) is 5.75 Å². The molecule has 19 heavy (non-hydrogen) atoms. The van der Waals surface area contributed by atoms with Crippen molar-refractivity contribution in [3.63, 3.8) is 0 Å². The summed E-state index contributed by atoms with van der Waals surface area (Å²) in [6, 6.07) is 7.79. The van der Waals surface area contributed by atoms with Gasteiger partial charge < -0.3 is 15.4 Å². The number of dihydropyridines is 1. The molecule has 1 aliphatic heterocycles. The monoisotopic (exact) mass is 258 g/mol. The second-order valence-electron chi connectivity index (χ2n) is 4.72. The van der Waals surface area contributed by atoms with Gasteiger partial charge in [0.1, 0.15) is 17.0 Å². The summed E-state index contributed by atoms with van der Waals surface area (Å²) in [6.07, 6.45) is 5.29. The Hall–Kier alpha value is -2.23. The Morgan fingerprint density at radius 1 is 1.42 bits per heavy atom. The molecule has 1 amide bonds. The van der Waals surface area contributed by atoms with Crippen LogP contribution >= 0.6 is 0 Å². The van der Waals surface area contributed by atoms with Gasteiger partial charge in [0, 0.05) is 13.2 Å². The number of amides is 1. The van der Waals surface area contributed by atoms with E-state index in [1.165, 1.54) is 0 Å². The van der Waals surface area contributed by atoms with Gasteiger partial charge in [0.25, 0.3) is 0 Å². The molecule has 0 radical (unpaired) electrons. The van der Waals surface area contributed by atoms with Crippen LogP contribution in [0, 0.1) is 6.92 Å². The lowest BCUT2D eigenvalue weighted by molar-refractivity contribution is -0.124. The van der Waals surface area contributed by atoms with Crippen LogP contribution in [-0.2, 0) is 4.79 Å². The first-order chi connectivity index (χ1) is 9.03. The number of hydrogen-bond donors (Lipinski definition) is 2.